The molecule has 0 bridgehead atoms. The fourth-order valence-electron chi connectivity index (χ4n) is 2.93. The van der Waals surface area contributed by atoms with Crippen molar-refractivity contribution in [1.29, 1.82) is 0 Å². The molecule has 0 atom stereocenters. The molecule has 7 nitrogen and oxygen atoms in total. The second kappa shape index (κ2) is 10.5. The van der Waals surface area contributed by atoms with Crippen molar-refractivity contribution in [3.8, 4) is 5.75 Å². The first-order valence-electron chi connectivity index (χ1n) is 10.1. The molecule has 0 unspecified atom stereocenters. The number of benzene rings is 2. The maximum atomic E-state index is 13.3. The molecule has 2 aromatic rings. The van der Waals surface area contributed by atoms with E-state index in [0.29, 0.717) is 22.2 Å². The molecule has 32 heavy (non-hydrogen) atoms. The van der Waals surface area contributed by atoms with E-state index in [1.165, 1.54) is 11.8 Å². The Morgan fingerprint density at radius 3 is 2.66 bits per heavy atom. The molecule has 2 aromatic carbocycles. The highest BCUT2D eigenvalue weighted by molar-refractivity contribution is 8.19. The minimum absolute atomic E-state index is 0.163. The van der Waals surface area contributed by atoms with Crippen LogP contribution in [0.25, 0.3) is 6.08 Å². The van der Waals surface area contributed by atoms with E-state index >= 15 is 0 Å². The van der Waals surface area contributed by atoms with Gasteiger partial charge in [-0.25, -0.2) is 0 Å². The molecule has 1 amide bonds. The highest BCUT2D eigenvalue weighted by atomic mass is 35.5. The van der Waals surface area contributed by atoms with Gasteiger partial charge in [0.05, 0.1) is 15.6 Å². The van der Waals surface area contributed by atoms with Crippen molar-refractivity contribution in [2.24, 2.45) is 4.99 Å². The fraction of sp³-hybridized carbons (Fsp3) is 0.304. The number of hydrogen-bond donors (Lipinski definition) is 3. The van der Waals surface area contributed by atoms with Crippen LogP contribution >= 0.6 is 23.4 Å². The van der Waals surface area contributed by atoms with E-state index in [1.807, 2.05) is 38.1 Å². The van der Waals surface area contributed by atoms with E-state index in [4.69, 9.17) is 21.4 Å². The van der Waals surface area contributed by atoms with Gasteiger partial charge in [-0.05, 0) is 60.5 Å². The van der Waals surface area contributed by atoms with E-state index in [1.54, 1.807) is 29.2 Å². The molecule has 1 aliphatic heterocycles. The average Bonchev–Trinajstić information content (AvgIpc) is 3.07. The van der Waals surface area contributed by atoms with Crippen molar-refractivity contribution in [2.75, 3.05) is 24.7 Å². The first-order valence-corrected chi connectivity index (χ1v) is 11.3. The van der Waals surface area contributed by atoms with Crippen LogP contribution in [0.2, 0.25) is 5.02 Å². The lowest BCUT2D eigenvalue weighted by Crippen LogP contribution is -2.39. The molecule has 1 saturated heterocycles. The first kappa shape index (κ1) is 24.3. The number of anilines is 1. The number of hydrogen-bond acceptors (Lipinski definition) is 7. The van der Waals surface area contributed by atoms with Crippen LogP contribution < -0.4 is 9.64 Å². The molecule has 0 aliphatic carbocycles. The molecule has 1 heterocycles. The summed E-state index contributed by atoms with van der Waals surface area (Å²) in [6.07, 6.45) is 2.60. The molecular formula is C23H25ClN2O5S. The number of nitrogens with zero attached hydrogens (tertiary/aromatic N) is 2. The summed E-state index contributed by atoms with van der Waals surface area (Å²) in [5.74, 6) is -2.29. The van der Waals surface area contributed by atoms with Crippen molar-refractivity contribution < 1.29 is 24.9 Å². The topological polar surface area (TPSA) is 103 Å². The molecule has 3 N–H and O–H groups in total. The Balaban J connectivity index is 1.87. The summed E-state index contributed by atoms with van der Waals surface area (Å²) in [7, 11) is 0. The zero-order chi connectivity index (χ0) is 23.3. The van der Waals surface area contributed by atoms with Crippen LogP contribution in [-0.4, -0.2) is 51.9 Å². The van der Waals surface area contributed by atoms with Gasteiger partial charge in [0.15, 0.2) is 5.17 Å². The number of ether oxygens (including phenoxy) is 1. The van der Waals surface area contributed by atoms with Gasteiger partial charge in [0.1, 0.15) is 19.0 Å². The lowest BCUT2D eigenvalue weighted by atomic mass is 10.1. The molecular weight excluding hydrogens is 452 g/mol. The van der Waals surface area contributed by atoms with Crippen LogP contribution in [-0.2, 0) is 4.79 Å². The normalized spacial score (nSPS) is 16.9. The summed E-state index contributed by atoms with van der Waals surface area (Å²) >= 11 is 7.57. The van der Waals surface area contributed by atoms with Gasteiger partial charge in [0.2, 0.25) is 5.79 Å². The van der Waals surface area contributed by atoms with Crippen molar-refractivity contribution in [2.45, 2.75) is 26.1 Å². The number of aliphatic imine (C=N–C) groups is 1. The Labute approximate surface area is 196 Å². The number of para-hydroxylation sites is 1. The number of carbonyl (C=O) groups is 1. The first-order chi connectivity index (χ1) is 15.3. The van der Waals surface area contributed by atoms with Crippen LogP contribution in [0.5, 0.6) is 5.75 Å². The number of rotatable bonds is 8. The van der Waals surface area contributed by atoms with Gasteiger partial charge >= 0.3 is 0 Å². The Bertz CT molecular complexity index is 1050. The van der Waals surface area contributed by atoms with E-state index in [-0.39, 0.29) is 16.7 Å². The molecule has 0 radical (unpaired) electrons. The van der Waals surface area contributed by atoms with Crippen LogP contribution in [0.4, 0.5) is 5.69 Å². The van der Waals surface area contributed by atoms with Gasteiger partial charge in [-0.3, -0.25) is 14.7 Å². The molecule has 170 valence electrons. The third-order valence-electron chi connectivity index (χ3n) is 4.60. The van der Waals surface area contributed by atoms with Crippen molar-refractivity contribution in [3.05, 3.63) is 63.5 Å². The van der Waals surface area contributed by atoms with E-state index in [2.05, 4.69) is 4.99 Å². The SMILES string of the molecule is CCCN=C1S/C(=C\c2ccc(OCC(O)(O)CO)c(Cl)c2)C(=O)N1c1ccccc1C. The number of aliphatic hydroxyl groups is 3. The molecule has 1 aliphatic rings. The monoisotopic (exact) mass is 476 g/mol. The summed E-state index contributed by atoms with van der Waals surface area (Å²) in [6, 6.07) is 12.6. The van der Waals surface area contributed by atoms with Crippen molar-refractivity contribution in [1.82, 2.24) is 0 Å². The van der Waals surface area contributed by atoms with Gasteiger partial charge in [-0.15, -0.1) is 0 Å². The third-order valence-corrected chi connectivity index (χ3v) is 5.90. The maximum Gasteiger partial charge on any atom is 0.271 e. The number of aryl methyl sites for hydroxylation is 1. The zero-order valence-corrected chi connectivity index (χ0v) is 19.4. The average molecular weight is 477 g/mol. The van der Waals surface area contributed by atoms with Gasteiger partial charge in [0, 0.05) is 6.54 Å². The Hall–Kier alpha value is -2.36. The minimum Gasteiger partial charge on any atom is -0.486 e. The van der Waals surface area contributed by atoms with E-state index < -0.39 is 19.0 Å². The number of amidine groups is 1. The van der Waals surface area contributed by atoms with E-state index in [0.717, 1.165) is 17.7 Å². The lowest BCUT2D eigenvalue weighted by Gasteiger charge is -2.19. The predicted molar refractivity (Wildman–Crippen MR) is 128 cm³/mol. The summed E-state index contributed by atoms with van der Waals surface area (Å²) in [6.45, 7) is 3.20. The van der Waals surface area contributed by atoms with Crippen LogP contribution in [0, 0.1) is 6.92 Å². The Kier molecular flexibility index (Phi) is 7.97. The largest absolute Gasteiger partial charge is 0.486 e. The molecule has 0 saturated carbocycles. The Morgan fingerprint density at radius 1 is 1.25 bits per heavy atom. The van der Waals surface area contributed by atoms with Gasteiger partial charge in [-0.1, -0.05) is 42.8 Å². The highest BCUT2D eigenvalue weighted by Gasteiger charge is 2.35. The number of amides is 1. The van der Waals surface area contributed by atoms with Gasteiger partial charge in [0.25, 0.3) is 5.91 Å². The molecule has 3 rings (SSSR count). The number of thioether (sulfide) groups is 1. The quantitative estimate of drug-likeness (QED) is 0.397. The Morgan fingerprint density at radius 2 is 2.00 bits per heavy atom. The summed E-state index contributed by atoms with van der Waals surface area (Å²) < 4.78 is 5.28. The number of carbonyl (C=O) groups excluding carboxylic acids is 1. The number of aliphatic hydroxyl groups excluding tert-OH is 1. The lowest BCUT2D eigenvalue weighted by molar-refractivity contribution is -0.203. The van der Waals surface area contributed by atoms with Gasteiger partial charge in [-0.2, -0.15) is 0 Å². The smallest absolute Gasteiger partial charge is 0.271 e. The third kappa shape index (κ3) is 5.70. The summed E-state index contributed by atoms with van der Waals surface area (Å²) in [4.78, 5) is 20.0. The highest BCUT2D eigenvalue weighted by Crippen LogP contribution is 2.38. The molecule has 9 heteroatoms. The second-order valence-corrected chi connectivity index (χ2v) is 8.74. The van der Waals surface area contributed by atoms with Crippen LogP contribution in [0.15, 0.2) is 52.4 Å². The number of halogens is 1. The summed E-state index contributed by atoms with van der Waals surface area (Å²) in [5, 5.41) is 28.7. The fourth-order valence-corrected chi connectivity index (χ4v) is 4.17. The molecule has 0 spiro atoms. The van der Waals surface area contributed by atoms with Crippen LogP contribution in [0.1, 0.15) is 24.5 Å². The van der Waals surface area contributed by atoms with Crippen LogP contribution in [0.3, 0.4) is 0 Å². The van der Waals surface area contributed by atoms with Gasteiger partial charge < -0.3 is 20.1 Å². The standard InChI is InChI=1S/C23H25ClN2O5S/c1-3-10-25-22-26(18-7-5-4-6-15(18)2)21(28)20(32-22)12-16-8-9-19(17(24)11-16)31-14-23(29,30)13-27/h4-9,11-12,27,29-30H,3,10,13-14H2,1-2H3/b20-12-,25-22?. The summed E-state index contributed by atoms with van der Waals surface area (Å²) in [5.41, 5.74) is 2.45. The maximum absolute atomic E-state index is 13.3. The molecule has 1 fully saturated rings. The zero-order valence-electron chi connectivity index (χ0n) is 17.8. The molecule has 0 aromatic heterocycles. The van der Waals surface area contributed by atoms with Crippen molar-refractivity contribution >= 4 is 46.2 Å². The predicted octanol–water partition coefficient (Wildman–Crippen LogP) is 3.59. The van der Waals surface area contributed by atoms with E-state index in [9.17, 15) is 15.0 Å². The second-order valence-electron chi connectivity index (χ2n) is 7.32. The minimum atomic E-state index is -2.36. The van der Waals surface area contributed by atoms with Crippen molar-refractivity contribution in [3.63, 3.8) is 0 Å².